The largest absolute Gasteiger partial charge is 0.469 e. The van der Waals surface area contributed by atoms with Crippen LogP contribution in [-0.2, 0) is 19.6 Å². The van der Waals surface area contributed by atoms with Crippen molar-refractivity contribution >= 4 is 27.6 Å². The fraction of sp³-hybridized carbons (Fsp3) is 0.462. The van der Waals surface area contributed by atoms with Crippen molar-refractivity contribution in [3.8, 4) is 0 Å². The van der Waals surface area contributed by atoms with Crippen molar-refractivity contribution in [2.75, 3.05) is 12.9 Å². The quantitative estimate of drug-likeness (QED) is 0.783. The Morgan fingerprint density at radius 2 is 2.05 bits per heavy atom. The summed E-state index contributed by atoms with van der Waals surface area (Å²) in [5.74, 6) is -0.545. The molecule has 0 aliphatic rings. The second-order valence-electron chi connectivity index (χ2n) is 4.36. The number of carbonyl (C=O) groups is 1. The predicted octanol–water partition coefficient (Wildman–Crippen LogP) is 2.27. The first-order valence-electron chi connectivity index (χ1n) is 6.17. The van der Waals surface area contributed by atoms with Gasteiger partial charge in [0.05, 0.1) is 12.9 Å². The maximum Gasteiger partial charge on any atom is 0.305 e. The monoisotopic (exact) mass is 319 g/mol. The molecule has 1 aromatic rings. The van der Waals surface area contributed by atoms with Gasteiger partial charge in [0.25, 0.3) is 0 Å². The maximum absolute atomic E-state index is 11.9. The number of ether oxygens (including phenoxy) is 1. The Balaban J connectivity index is 2.58. The molecule has 5 nitrogen and oxygen atoms in total. The van der Waals surface area contributed by atoms with Gasteiger partial charge in [-0.15, -0.1) is 0 Å². The Bertz CT molecular complexity index is 559. The van der Waals surface area contributed by atoms with Gasteiger partial charge in [0.15, 0.2) is 0 Å². The van der Waals surface area contributed by atoms with Gasteiger partial charge in [-0.25, -0.2) is 13.1 Å². The summed E-state index contributed by atoms with van der Waals surface area (Å²) in [6.07, 6.45) is 0.301. The first-order valence-corrected chi connectivity index (χ1v) is 8.20. The molecule has 0 aliphatic carbocycles. The highest BCUT2D eigenvalue weighted by Crippen LogP contribution is 2.22. The van der Waals surface area contributed by atoms with Crippen LogP contribution in [0.4, 0.5) is 0 Å². The summed E-state index contributed by atoms with van der Waals surface area (Å²) in [6.45, 7) is 1.72. The molecule has 20 heavy (non-hydrogen) atoms. The molecule has 0 fully saturated rings. The molecule has 1 rings (SSSR count). The van der Waals surface area contributed by atoms with E-state index in [1.807, 2.05) is 0 Å². The Hall–Kier alpha value is -1.11. The number of carbonyl (C=O) groups excluding carboxylic acids is 1. The van der Waals surface area contributed by atoms with Crippen molar-refractivity contribution in [2.24, 2.45) is 0 Å². The summed E-state index contributed by atoms with van der Waals surface area (Å²) in [5, 5.41) is 0.511. The molecule has 0 bridgehead atoms. The van der Waals surface area contributed by atoms with Crippen LogP contribution in [0.15, 0.2) is 24.3 Å². The molecule has 1 N–H and O–H groups in total. The Labute approximate surface area is 124 Å². The van der Waals surface area contributed by atoms with Gasteiger partial charge < -0.3 is 4.74 Å². The van der Waals surface area contributed by atoms with Crippen molar-refractivity contribution in [1.29, 1.82) is 0 Å². The Kier molecular flexibility index (Phi) is 6.45. The average Bonchev–Trinajstić information content (AvgIpc) is 2.38. The van der Waals surface area contributed by atoms with Gasteiger partial charge in [-0.05, 0) is 25.0 Å². The summed E-state index contributed by atoms with van der Waals surface area (Å²) < 4.78 is 30.8. The Morgan fingerprint density at radius 3 is 2.65 bits per heavy atom. The van der Waals surface area contributed by atoms with Gasteiger partial charge in [-0.2, -0.15) is 0 Å². The second kappa shape index (κ2) is 7.61. The zero-order valence-electron chi connectivity index (χ0n) is 11.4. The molecule has 0 heterocycles. The SMILES string of the molecule is COC(=O)CCCS(=O)(=O)N[C@H](C)c1ccccc1Cl. The Morgan fingerprint density at radius 1 is 1.40 bits per heavy atom. The fourth-order valence-electron chi connectivity index (χ4n) is 1.73. The number of methoxy groups -OCH3 is 1. The first kappa shape index (κ1) is 16.9. The molecule has 0 aromatic heterocycles. The van der Waals surface area contributed by atoms with Crippen LogP contribution in [0.5, 0.6) is 0 Å². The van der Waals surface area contributed by atoms with Gasteiger partial charge in [-0.3, -0.25) is 4.79 Å². The van der Waals surface area contributed by atoms with Crippen molar-refractivity contribution < 1.29 is 17.9 Å². The van der Waals surface area contributed by atoms with Crippen LogP contribution in [-0.4, -0.2) is 27.2 Å². The number of hydrogen-bond acceptors (Lipinski definition) is 4. The average molecular weight is 320 g/mol. The van der Waals surface area contributed by atoms with Crippen LogP contribution in [0.1, 0.15) is 31.4 Å². The molecule has 112 valence electrons. The molecule has 0 saturated carbocycles. The first-order chi connectivity index (χ1) is 9.35. The molecule has 1 aromatic carbocycles. The summed E-state index contributed by atoms with van der Waals surface area (Å²) in [6, 6.07) is 6.63. The highest BCUT2D eigenvalue weighted by molar-refractivity contribution is 7.89. The van der Waals surface area contributed by atoms with Gasteiger partial charge >= 0.3 is 5.97 Å². The number of hydrogen-bond donors (Lipinski definition) is 1. The number of esters is 1. The van der Waals surface area contributed by atoms with E-state index in [0.29, 0.717) is 10.6 Å². The molecule has 7 heteroatoms. The van der Waals surface area contributed by atoms with Crippen LogP contribution in [0.3, 0.4) is 0 Å². The fourth-order valence-corrected chi connectivity index (χ4v) is 3.33. The van der Waals surface area contributed by atoms with E-state index in [-0.39, 0.29) is 18.6 Å². The molecular formula is C13H18ClNO4S. The van der Waals surface area contributed by atoms with Crippen LogP contribution in [0.25, 0.3) is 0 Å². The lowest BCUT2D eigenvalue weighted by atomic mass is 10.1. The highest BCUT2D eigenvalue weighted by atomic mass is 35.5. The van der Waals surface area contributed by atoms with E-state index in [0.717, 1.165) is 0 Å². The minimum Gasteiger partial charge on any atom is -0.469 e. The number of sulfonamides is 1. The van der Waals surface area contributed by atoms with Crippen molar-refractivity contribution in [2.45, 2.75) is 25.8 Å². The van der Waals surface area contributed by atoms with E-state index >= 15 is 0 Å². The van der Waals surface area contributed by atoms with Gasteiger partial charge in [-0.1, -0.05) is 29.8 Å². The zero-order valence-corrected chi connectivity index (χ0v) is 13.0. The van der Waals surface area contributed by atoms with Crippen molar-refractivity contribution in [3.05, 3.63) is 34.9 Å². The van der Waals surface area contributed by atoms with E-state index in [1.165, 1.54) is 7.11 Å². The lowest BCUT2D eigenvalue weighted by Crippen LogP contribution is -2.29. The van der Waals surface area contributed by atoms with Gasteiger partial charge in [0.2, 0.25) is 10.0 Å². The van der Waals surface area contributed by atoms with E-state index in [9.17, 15) is 13.2 Å². The smallest absolute Gasteiger partial charge is 0.305 e. The lowest BCUT2D eigenvalue weighted by Gasteiger charge is -2.15. The van der Waals surface area contributed by atoms with E-state index in [2.05, 4.69) is 9.46 Å². The standard InChI is InChI=1S/C13H18ClNO4S/c1-10(11-6-3-4-7-12(11)14)15-20(17,18)9-5-8-13(16)19-2/h3-4,6-7,10,15H,5,8-9H2,1-2H3/t10-/m1/s1. The third-order valence-electron chi connectivity index (χ3n) is 2.75. The van der Waals surface area contributed by atoms with Crippen LogP contribution in [0.2, 0.25) is 5.02 Å². The summed E-state index contributed by atoms with van der Waals surface area (Å²) >= 11 is 6.02. The molecular weight excluding hydrogens is 302 g/mol. The molecule has 0 radical (unpaired) electrons. The highest BCUT2D eigenvalue weighted by Gasteiger charge is 2.17. The second-order valence-corrected chi connectivity index (χ2v) is 6.64. The van der Waals surface area contributed by atoms with Crippen LogP contribution < -0.4 is 4.72 Å². The lowest BCUT2D eigenvalue weighted by molar-refractivity contribution is -0.140. The number of benzene rings is 1. The molecule has 0 spiro atoms. The molecule has 0 aliphatic heterocycles. The maximum atomic E-state index is 11.9. The molecule has 1 atom stereocenters. The van der Waals surface area contributed by atoms with E-state index in [1.54, 1.807) is 31.2 Å². The van der Waals surface area contributed by atoms with Crippen molar-refractivity contribution in [3.63, 3.8) is 0 Å². The van der Waals surface area contributed by atoms with Gasteiger partial charge in [0, 0.05) is 17.5 Å². The predicted molar refractivity (Wildman–Crippen MR) is 78.0 cm³/mol. The topological polar surface area (TPSA) is 72.5 Å². The van der Waals surface area contributed by atoms with E-state index < -0.39 is 22.0 Å². The zero-order chi connectivity index (χ0) is 15.2. The summed E-state index contributed by atoms with van der Waals surface area (Å²) in [5.41, 5.74) is 0.714. The van der Waals surface area contributed by atoms with Crippen molar-refractivity contribution in [1.82, 2.24) is 4.72 Å². The minimum absolute atomic E-state index is 0.0812. The molecule has 0 amide bonds. The molecule has 0 unspecified atom stereocenters. The number of nitrogens with one attached hydrogen (secondary N) is 1. The van der Waals surface area contributed by atoms with E-state index in [4.69, 9.17) is 11.6 Å². The number of rotatable bonds is 7. The summed E-state index contributed by atoms with van der Waals surface area (Å²) in [4.78, 5) is 10.9. The third kappa shape index (κ3) is 5.48. The number of halogens is 1. The normalized spacial score (nSPS) is 12.9. The third-order valence-corrected chi connectivity index (χ3v) is 4.63. The van der Waals surface area contributed by atoms with Crippen LogP contribution >= 0.6 is 11.6 Å². The van der Waals surface area contributed by atoms with Crippen LogP contribution in [0, 0.1) is 0 Å². The van der Waals surface area contributed by atoms with Gasteiger partial charge in [0.1, 0.15) is 0 Å². The summed E-state index contributed by atoms with van der Waals surface area (Å²) in [7, 11) is -2.19. The minimum atomic E-state index is -3.47. The molecule has 0 saturated heterocycles.